The van der Waals surface area contributed by atoms with E-state index in [9.17, 15) is 9.18 Å². The third kappa shape index (κ3) is 3.76. The summed E-state index contributed by atoms with van der Waals surface area (Å²) in [6, 6.07) is 6.16. The van der Waals surface area contributed by atoms with E-state index in [0.717, 1.165) is 5.56 Å². The van der Waals surface area contributed by atoms with E-state index in [1.807, 2.05) is 6.92 Å². The first kappa shape index (κ1) is 17.3. The van der Waals surface area contributed by atoms with Gasteiger partial charge in [0.15, 0.2) is 11.2 Å². The number of rotatable bonds is 6. The molecule has 0 fully saturated rings. The minimum atomic E-state index is -0.370. The van der Waals surface area contributed by atoms with E-state index in [-0.39, 0.29) is 17.0 Å². The summed E-state index contributed by atoms with van der Waals surface area (Å²) in [5.41, 5.74) is 1.96. The van der Waals surface area contributed by atoms with Crippen molar-refractivity contribution in [1.29, 1.82) is 0 Å². The maximum Gasteiger partial charge on any atom is 0.319 e. The minimum absolute atomic E-state index is 0.290. The average molecular weight is 361 g/mol. The molecule has 0 spiro atoms. The lowest BCUT2D eigenvalue weighted by molar-refractivity contribution is -0.140. The average Bonchev–Trinajstić information content (AvgIpc) is 3.04. The molecule has 130 valence electrons. The summed E-state index contributed by atoms with van der Waals surface area (Å²) in [6.07, 6.45) is 2.02. The zero-order valence-electron chi connectivity index (χ0n) is 13.7. The summed E-state index contributed by atoms with van der Waals surface area (Å²) in [5.74, 6) is -0.598. The van der Waals surface area contributed by atoms with Crippen LogP contribution in [-0.4, -0.2) is 43.3 Å². The van der Waals surface area contributed by atoms with E-state index < -0.39 is 0 Å². The van der Waals surface area contributed by atoms with Crippen molar-refractivity contribution in [2.75, 3.05) is 7.11 Å². The molecule has 1 aromatic carbocycles. The first-order valence-corrected chi connectivity index (χ1v) is 8.53. The van der Waals surface area contributed by atoms with Gasteiger partial charge in [-0.25, -0.2) is 19.0 Å². The fourth-order valence-electron chi connectivity index (χ4n) is 2.29. The van der Waals surface area contributed by atoms with Crippen molar-refractivity contribution < 1.29 is 13.9 Å². The largest absolute Gasteiger partial charge is 0.468 e. The van der Waals surface area contributed by atoms with Gasteiger partial charge in [-0.1, -0.05) is 36.0 Å². The second-order valence-electron chi connectivity index (χ2n) is 5.26. The second-order valence-corrected chi connectivity index (χ2v) is 6.45. The molecule has 25 heavy (non-hydrogen) atoms. The van der Waals surface area contributed by atoms with Gasteiger partial charge in [-0.3, -0.25) is 4.79 Å². The van der Waals surface area contributed by atoms with Crippen LogP contribution in [0.15, 0.2) is 35.6 Å². The maximum atomic E-state index is 13.0. The van der Waals surface area contributed by atoms with Gasteiger partial charge in [-0.05, 0) is 24.1 Å². The first-order chi connectivity index (χ1) is 12.1. The van der Waals surface area contributed by atoms with E-state index in [1.54, 1.807) is 16.8 Å². The van der Waals surface area contributed by atoms with Crippen molar-refractivity contribution in [1.82, 2.24) is 25.0 Å². The van der Waals surface area contributed by atoms with Crippen LogP contribution >= 0.6 is 11.8 Å². The van der Waals surface area contributed by atoms with Gasteiger partial charge >= 0.3 is 5.97 Å². The summed E-state index contributed by atoms with van der Waals surface area (Å²) in [6.45, 7) is 2.31. The maximum absolute atomic E-state index is 13.0. The van der Waals surface area contributed by atoms with Crippen LogP contribution in [0.3, 0.4) is 0 Å². The number of nitrogens with zero attached hydrogens (tertiary/aromatic N) is 5. The van der Waals surface area contributed by atoms with Crippen LogP contribution in [0.2, 0.25) is 0 Å². The van der Waals surface area contributed by atoms with Gasteiger partial charge in [-0.15, -0.1) is 5.10 Å². The van der Waals surface area contributed by atoms with Gasteiger partial charge in [-0.2, -0.15) is 0 Å². The Hall–Kier alpha value is -2.55. The number of ether oxygens (including phenoxy) is 1. The number of esters is 1. The third-order valence-corrected chi connectivity index (χ3v) is 4.93. The SMILES string of the molecule is CC[C@@H](Sc1ncnc2c1nnn2Cc1ccc(F)cc1)C(=O)OC. The molecule has 0 saturated heterocycles. The van der Waals surface area contributed by atoms with Crippen LogP contribution in [0.4, 0.5) is 4.39 Å². The van der Waals surface area contributed by atoms with E-state index in [2.05, 4.69) is 20.3 Å². The third-order valence-electron chi connectivity index (χ3n) is 3.60. The minimum Gasteiger partial charge on any atom is -0.468 e. The van der Waals surface area contributed by atoms with Crippen LogP contribution in [0.5, 0.6) is 0 Å². The standard InChI is InChI=1S/C16H16FN5O2S/c1-3-12(16(23)24-2)25-15-13-14(18-9-19-15)22(21-20-13)8-10-4-6-11(17)7-5-10/h4-7,9,12H,3,8H2,1-2H3/t12-/m1/s1. The van der Waals surface area contributed by atoms with Crippen molar-refractivity contribution in [3.05, 3.63) is 42.0 Å². The summed E-state index contributed by atoms with van der Waals surface area (Å²) in [5, 5.41) is 8.46. The molecule has 0 amide bonds. The van der Waals surface area contributed by atoms with Crippen molar-refractivity contribution in [2.45, 2.75) is 30.2 Å². The zero-order chi connectivity index (χ0) is 17.8. The van der Waals surface area contributed by atoms with Crippen molar-refractivity contribution in [3.63, 3.8) is 0 Å². The normalized spacial score (nSPS) is 12.3. The summed E-state index contributed by atoms with van der Waals surface area (Å²) < 4.78 is 19.4. The molecule has 0 aliphatic carbocycles. The molecular weight excluding hydrogens is 345 g/mol. The quantitative estimate of drug-likeness (QED) is 0.379. The van der Waals surface area contributed by atoms with E-state index in [4.69, 9.17) is 4.74 Å². The number of methoxy groups -OCH3 is 1. The van der Waals surface area contributed by atoms with Gasteiger partial charge in [0.1, 0.15) is 22.4 Å². The lowest BCUT2D eigenvalue weighted by Gasteiger charge is -2.11. The number of halogens is 1. The topological polar surface area (TPSA) is 82.8 Å². The molecular formula is C16H16FN5O2S. The molecule has 0 aliphatic rings. The number of benzene rings is 1. The van der Waals surface area contributed by atoms with Crippen LogP contribution in [0.25, 0.3) is 11.2 Å². The van der Waals surface area contributed by atoms with Crippen LogP contribution in [0.1, 0.15) is 18.9 Å². The Bertz CT molecular complexity index is 884. The molecule has 0 saturated carbocycles. The van der Waals surface area contributed by atoms with Crippen LogP contribution < -0.4 is 0 Å². The summed E-state index contributed by atoms with van der Waals surface area (Å²) >= 11 is 1.28. The highest BCUT2D eigenvalue weighted by atomic mass is 32.2. The lowest BCUT2D eigenvalue weighted by Crippen LogP contribution is -2.17. The van der Waals surface area contributed by atoms with Crippen molar-refractivity contribution in [3.8, 4) is 0 Å². The van der Waals surface area contributed by atoms with Gasteiger partial charge < -0.3 is 4.74 Å². The van der Waals surface area contributed by atoms with E-state index in [1.165, 1.54) is 37.3 Å². The Kier molecular flexibility index (Phi) is 5.22. The lowest BCUT2D eigenvalue weighted by atomic mass is 10.2. The van der Waals surface area contributed by atoms with E-state index in [0.29, 0.717) is 29.2 Å². The monoisotopic (exact) mass is 361 g/mol. The van der Waals surface area contributed by atoms with Gasteiger partial charge in [0.2, 0.25) is 0 Å². The molecule has 0 N–H and O–H groups in total. The van der Waals surface area contributed by atoms with E-state index >= 15 is 0 Å². The summed E-state index contributed by atoms with van der Waals surface area (Å²) in [7, 11) is 1.36. The highest BCUT2D eigenvalue weighted by Crippen LogP contribution is 2.28. The Morgan fingerprint density at radius 2 is 2.08 bits per heavy atom. The van der Waals surface area contributed by atoms with Crippen molar-refractivity contribution in [2.24, 2.45) is 0 Å². The predicted molar refractivity (Wildman–Crippen MR) is 90.6 cm³/mol. The molecule has 2 heterocycles. The van der Waals surface area contributed by atoms with Gasteiger partial charge in [0.05, 0.1) is 13.7 Å². The summed E-state index contributed by atoms with van der Waals surface area (Å²) in [4.78, 5) is 20.3. The van der Waals surface area contributed by atoms with Gasteiger partial charge in [0, 0.05) is 0 Å². The molecule has 1 atom stereocenters. The number of thioether (sulfide) groups is 1. The van der Waals surface area contributed by atoms with Crippen molar-refractivity contribution >= 4 is 28.9 Å². The second kappa shape index (κ2) is 7.56. The van der Waals surface area contributed by atoms with Gasteiger partial charge in [0.25, 0.3) is 0 Å². The Morgan fingerprint density at radius 3 is 2.76 bits per heavy atom. The molecule has 3 aromatic rings. The zero-order valence-corrected chi connectivity index (χ0v) is 14.5. The Balaban J connectivity index is 1.89. The Morgan fingerprint density at radius 1 is 1.32 bits per heavy atom. The first-order valence-electron chi connectivity index (χ1n) is 7.65. The fraction of sp³-hybridized carbons (Fsp3) is 0.312. The molecule has 0 bridgehead atoms. The number of hydrogen-bond acceptors (Lipinski definition) is 7. The highest BCUT2D eigenvalue weighted by molar-refractivity contribution is 8.00. The highest BCUT2D eigenvalue weighted by Gasteiger charge is 2.22. The molecule has 2 aromatic heterocycles. The molecule has 9 heteroatoms. The molecule has 0 aliphatic heterocycles. The number of hydrogen-bond donors (Lipinski definition) is 0. The van der Waals surface area contributed by atoms with Crippen LogP contribution in [-0.2, 0) is 16.1 Å². The fourth-order valence-corrected chi connectivity index (χ4v) is 3.27. The molecule has 0 radical (unpaired) electrons. The number of carbonyl (C=O) groups is 1. The Labute approximate surface area is 147 Å². The predicted octanol–water partition coefficient (Wildman–Crippen LogP) is 2.45. The number of carbonyl (C=O) groups excluding carboxylic acids is 1. The molecule has 3 rings (SSSR count). The molecule has 7 nitrogen and oxygen atoms in total. The van der Waals surface area contributed by atoms with Crippen LogP contribution in [0, 0.1) is 5.82 Å². The number of fused-ring (bicyclic) bond motifs is 1. The smallest absolute Gasteiger partial charge is 0.319 e. The molecule has 0 unspecified atom stereocenters. The number of aromatic nitrogens is 5.